The third-order valence-corrected chi connectivity index (χ3v) is 4.48. The first kappa shape index (κ1) is 13.4. The summed E-state index contributed by atoms with van der Waals surface area (Å²) in [5, 5.41) is 3.74. The van der Waals surface area contributed by atoms with Crippen LogP contribution in [-0.4, -0.2) is 25.8 Å². The normalized spacial score (nSPS) is 35.5. The third-order valence-electron chi connectivity index (χ3n) is 4.48. The molecule has 2 fully saturated rings. The van der Waals surface area contributed by atoms with Crippen molar-refractivity contribution < 1.29 is 4.74 Å². The molecule has 2 heteroatoms. The maximum absolute atomic E-state index is 5.50. The van der Waals surface area contributed by atoms with E-state index in [4.69, 9.17) is 4.74 Å². The van der Waals surface area contributed by atoms with Gasteiger partial charge in [0.05, 0.1) is 0 Å². The van der Waals surface area contributed by atoms with Gasteiger partial charge in [-0.25, -0.2) is 0 Å². The first-order chi connectivity index (χ1) is 8.34. The summed E-state index contributed by atoms with van der Waals surface area (Å²) in [7, 11) is 0. The summed E-state index contributed by atoms with van der Waals surface area (Å²) >= 11 is 0. The Morgan fingerprint density at radius 1 is 1.06 bits per heavy atom. The summed E-state index contributed by atoms with van der Waals surface area (Å²) in [6.07, 6.45) is 11.0. The zero-order valence-electron chi connectivity index (χ0n) is 11.4. The van der Waals surface area contributed by atoms with E-state index in [9.17, 15) is 0 Å². The monoisotopic (exact) mass is 239 g/mol. The lowest BCUT2D eigenvalue weighted by atomic mass is 9.81. The van der Waals surface area contributed by atoms with Gasteiger partial charge >= 0.3 is 0 Å². The van der Waals surface area contributed by atoms with E-state index in [1.807, 2.05) is 0 Å². The predicted octanol–water partition coefficient (Wildman–Crippen LogP) is 3.36. The average Bonchev–Trinajstić information content (AvgIpc) is 2.58. The van der Waals surface area contributed by atoms with Crippen molar-refractivity contribution in [3.05, 3.63) is 0 Å². The second-order valence-electron chi connectivity index (χ2n) is 6.12. The molecular formula is C15H29NO. The van der Waals surface area contributed by atoms with Gasteiger partial charge in [-0.1, -0.05) is 26.2 Å². The van der Waals surface area contributed by atoms with Crippen LogP contribution in [0, 0.1) is 11.8 Å². The van der Waals surface area contributed by atoms with Crippen LogP contribution in [0.3, 0.4) is 0 Å². The van der Waals surface area contributed by atoms with E-state index >= 15 is 0 Å². The zero-order valence-corrected chi connectivity index (χ0v) is 11.4. The van der Waals surface area contributed by atoms with Gasteiger partial charge in [-0.2, -0.15) is 0 Å². The first-order valence-electron chi connectivity index (χ1n) is 7.65. The van der Waals surface area contributed by atoms with Crippen LogP contribution in [0.5, 0.6) is 0 Å². The zero-order chi connectivity index (χ0) is 11.9. The molecule has 0 radical (unpaired) electrons. The van der Waals surface area contributed by atoms with E-state index in [-0.39, 0.29) is 0 Å². The molecule has 0 bridgehead atoms. The number of hydrogen-bond donors (Lipinski definition) is 1. The molecule has 0 amide bonds. The topological polar surface area (TPSA) is 21.3 Å². The summed E-state index contributed by atoms with van der Waals surface area (Å²) in [4.78, 5) is 0. The standard InChI is InChI=1S/C15H29NO/c1-13-4-2-5-14(12-13)7-9-16-15-6-3-10-17-11-8-15/h13-16H,2-12H2,1H3. The number of nitrogens with one attached hydrogen (secondary N) is 1. The van der Waals surface area contributed by atoms with Crippen LogP contribution in [0.25, 0.3) is 0 Å². The second kappa shape index (κ2) is 7.38. The van der Waals surface area contributed by atoms with Crippen molar-refractivity contribution in [1.29, 1.82) is 0 Å². The number of rotatable bonds is 4. The van der Waals surface area contributed by atoms with E-state index in [0.717, 1.165) is 31.1 Å². The van der Waals surface area contributed by atoms with Gasteiger partial charge in [-0.3, -0.25) is 0 Å². The summed E-state index contributed by atoms with van der Waals surface area (Å²) in [5.41, 5.74) is 0. The third kappa shape index (κ3) is 4.97. The molecule has 2 rings (SSSR count). The largest absolute Gasteiger partial charge is 0.381 e. The van der Waals surface area contributed by atoms with Crippen LogP contribution in [-0.2, 0) is 4.74 Å². The van der Waals surface area contributed by atoms with Crippen molar-refractivity contribution in [2.45, 2.75) is 64.3 Å². The van der Waals surface area contributed by atoms with Gasteiger partial charge in [0.15, 0.2) is 0 Å². The molecule has 1 saturated carbocycles. The molecule has 0 spiro atoms. The van der Waals surface area contributed by atoms with Crippen molar-refractivity contribution in [2.75, 3.05) is 19.8 Å². The molecule has 2 aliphatic rings. The summed E-state index contributed by atoms with van der Waals surface area (Å²) < 4.78 is 5.50. The molecule has 0 aromatic carbocycles. The highest BCUT2D eigenvalue weighted by atomic mass is 16.5. The van der Waals surface area contributed by atoms with E-state index in [0.29, 0.717) is 0 Å². The van der Waals surface area contributed by atoms with Gasteiger partial charge in [-0.15, -0.1) is 0 Å². The maximum atomic E-state index is 5.50. The summed E-state index contributed by atoms with van der Waals surface area (Å²) in [5.74, 6) is 1.97. The van der Waals surface area contributed by atoms with Crippen LogP contribution in [0.15, 0.2) is 0 Å². The van der Waals surface area contributed by atoms with Crippen molar-refractivity contribution in [3.63, 3.8) is 0 Å². The molecule has 1 saturated heterocycles. The Kier molecular flexibility index (Phi) is 5.79. The fourth-order valence-corrected chi connectivity index (χ4v) is 3.42. The summed E-state index contributed by atoms with van der Waals surface area (Å²) in [6, 6.07) is 0.721. The second-order valence-corrected chi connectivity index (χ2v) is 6.12. The minimum Gasteiger partial charge on any atom is -0.381 e. The van der Waals surface area contributed by atoms with Gasteiger partial charge in [0.25, 0.3) is 0 Å². The lowest BCUT2D eigenvalue weighted by Crippen LogP contribution is -2.31. The minimum atomic E-state index is 0.721. The summed E-state index contributed by atoms with van der Waals surface area (Å²) in [6.45, 7) is 5.57. The Morgan fingerprint density at radius 3 is 2.88 bits per heavy atom. The van der Waals surface area contributed by atoms with Gasteiger partial charge in [-0.05, 0) is 50.5 Å². The van der Waals surface area contributed by atoms with Crippen LogP contribution in [0.2, 0.25) is 0 Å². The minimum absolute atomic E-state index is 0.721. The lowest BCUT2D eigenvalue weighted by molar-refractivity contribution is 0.142. The smallest absolute Gasteiger partial charge is 0.0480 e. The molecule has 1 N–H and O–H groups in total. The Hall–Kier alpha value is -0.0800. The van der Waals surface area contributed by atoms with Gasteiger partial charge in [0, 0.05) is 19.3 Å². The van der Waals surface area contributed by atoms with Crippen LogP contribution in [0.4, 0.5) is 0 Å². The van der Waals surface area contributed by atoms with E-state index in [2.05, 4.69) is 12.2 Å². The van der Waals surface area contributed by atoms with Gasteiger partial charge in [0.1, 0.15) is 0 Å². The Balaban J connectivity index is 1.58. The van der Waals surface area contributed by atoms with E-state index in [1.165, 1.54) is 57.9 Å². The molecule has 1 heterocycles. The van der Waals surface area contributed by atoms with Crippen molar-refractivity contribution >= 4 is 0 Å². The molecule has 2 nitrogen and oxygen atoms in total. The Bertz CT molecular complexity index is 197. The van der Waals surface area contributed by atoms with Gasteiger partial charge in [0.2, 0.25) is 0 Å². The Morgan fingerprint density at radius 2 is 2.00 bits per heavy atom. The molecule has 1 aliphatic carbocycles. The van der Waals surface area contributed by atoms with Crippen molar-refractivity contribution in [2.24, 2.45) is 11.8 Å². The lowest BCUT2D eigenvalue weighted by Gasteiger charge is -2.27. The SMILES string of the molecule is CC1CCCC(CCNC2CCCOCC2)C1. The molecular weight excluding hydrogens is 210 g/mol. The van der Waals surface area contributed by atoms with Gasteiger partial charge < -0.3 is 10.1 Å². The molecule has 0 aromatic heterocycles. The van der Waals surface area contributed by atoms with Crippen LogP contribution < -0.4 is 5.32 Å². The number of ether oxygens (including phenoxy) is 1. The highest BCUT2D eigenvalue weighted by Crippen LogP contribution is 2.30. The highest BCUT2D eigenvalue weighted by molar-refractivity contribution is 4.74. The first-order valence-corrected chi connectivity index (χ1v) is 7.65. The molecule has 0 aromatic rings. The highest BCUT2D eigenvalue weighted by Gasteiger charge is 2.19. The van der Waals surface area contributed by atoms with E-state index < -0.39 is 0 Å². The molecule has 3 unspecified atom stereocenters. The Labute approximate surface area is 107 Å². The van der Waals surface area contributed by atoms with Crippen molar-refractivity contribution in [1.82, 2.24) is 5.32 Å². The maximum Gasteiger partial charge on any atom is 0.0480 e. The average molecular weight is 239 g/mol. The molecule has 17 heavy (non-hydrogen) atoms. The van der Waals surface area contributed by atoms with Crippen LogP contribution in [0.1, 0.15) is 58.3 Å². The number of hydrogen-bond acceptors (Lipinski definition) is 2. The molecule has 1 aliphatic heterocycles. The quantitative estimate of drug-likeness (QED) is 0.812. The van der Waals surface area contributed by atoms with E-state index in [1.54, 1.807) is 0 Å². The fourth-order valence-electron chi connectivity index (χ4n) is 3.42. The van der Waals surface area contributed by atoms with Crippen molar-refractivity contribution in [3.8, 4) is 0 Å². The molecule has 100 valence electrons. The predicted molar refractivity (Wildman–Crippen MR) is 72.2 cm³/mol. The molecule has 3 atom stereocenters. The fraction of sp³-hybridized carbons (Fsp3) is 1.00. The van der Waals surface area contributed by atoms with Crippen LogP contribution >= 0.6 is 0 Å².